The molecule has 0 saturated heterocycles. The molecule has 1 aromatic carbocycles. The molecule has 0 bridgehead atoms. The van der Waals surface area contributed by atoms with E-state index in [2.05, 4.69) is 29.2 Å². The van der Waals surface area contributed by atoms with Crippen LogP contribution in [0.4, 0.5) is 0 Å². The molecule has 0 N–H and O–H groups in total. The molecule has 1 aliphatic carbocycles. The Hall–Kier alpha value is -2.62. The van der Waals surface area contributed by atoms with E-state index in [9.17, 15) is 4.79 Å². The molecule has 4 nitrogen and oxygen atoms in total. The van der Waals surface area contributed by atoms with E-state index >= 15 is 0 Å². The summed E-state index contributed by atoms with van der Waals surface area (Å²) in [4.78, 5) is 15.4. The maximum absolute atomic E-state index is 11.3. The number of carbonyl (C=O) groups excluding carboxylic acids is 1. The van der Waals surface area contributed by atoms with Crippen LogP contribution in [-0.2, 0) is 0 Å². The van der Waals surface area contributed by atoms with Crippen LogP contribution in [0.1, 0.15) is 41.6 Å². The quantitative estimate of drug-likeness (QED) is 0.743. The fraction of sp³-hybridized carbons (Fsp3) is 0.300. The van der Waals surface area contributed by atoms with Crippen molar-refractivity contribution in [3.05, 3.63) is 59.4 Å². The number of methoxy groups -OCH3 is 1. The van der Waals surface area contributed by atoms with Gasteiger partial charge in [-0.05, 0) is 42.4 Å². The molecule has 24 heavy (non-hydrogen) atoms. The number of pyridine rings is 1. The molecular formula is C20H21NO3. The topological polar surface area (TPSA) is 48.4 Å². The Morgan fingerprint density at radius 1 is 1.08 bits per heavy atom. The Bertz CT molecular complexity index is 738. The molecular weight excluding hydrogens is 302 g/mol. The van der Waals surface area contributed by atoms with Gasteiger partial charge in [-0.25, -0.2) is 0 Å². The third-order valence-corrected chi connectivity index (χ3v) is 4.36. The van der Waals surface area contributed by atoms with Crippen molar-refractivity contribution in [1.29, 1.82) is 0 Å². The minimum absolute atomic E-state index is 0.408. The molecule has 0 radical (unpaired) electrons. The van der Waals surface area contributed by atoms with Crippen molar-refractivity contribution in [3.8, 4) is 11.5 Å². The van der Waals surface area contributed by atoms with E-state index in [4.69, 9.17) is 9.47 Å². The second-order valence-electron chi connectivity index (χ2n) is 5.82. The number of hydrogen-bond acceptors (Lipinski definition) is 4. The van der Waals surface area contributed by atoms with Gasteiger partial charge in [0.25, 0.3) is 0 Å². The molecule has 0 amide bonds. The first-order valence-corrected chi connectivity index (χ1v) is 8.19. The Balaban J connectivity index is 1.85. The van der Waals surface area contributed by atoms with Crippen LogP contribution >= 0.6 is 0 Å². The van der Waals surface area contributed by atoms with E-state index in [0.29, 0.717) is 23.7 Å². The largest absolute Gasteiger partial charge is 0.494 e. The number of allylic oxidation sites excluding steroid dienone is 1. The van der Waals surface area contributed by atoms with Crippen LogP contribution in [0.15, 0.2) is 48.3 Å². The van der Waals surface area contributed by atoms with Crippen molar-refractivity contribution >= 4 is 11.9 Å². The van der Waals surface area contributed by atoms with Gasteiger partial charge in [0.15, 0.2) is 17.8 Å². The van der Waals surface area contributed by atoms with Crippen molar-refractivity contribution < 1.29 is 14.3 Å². The van der Waals surface area contributed by atoms with E-state index < -0.39 is 0 Å². The van der Waals surface area contributed by atoms with Crippen LogP contribution in [0.3, 0.4) is 0 Å². The van der Waals surface area contributed by atoms with Gasteiger partial charge in [-0.2, -0.15) is 0 Å². The molecule has 4 heteroatoms. The standard InChI is InChI=1S/C20H21NO3/c1-23-19-11-21-12-20(18(19)13-22)24-14-16-9-5-6-10-17(16)15-7-3-2-4-8-15/h2-4,7-8,11-13H,5-6,9-10,14H2,1H3. The van der Waals surface area contributed by atoms with Crippen LogP contribution in [0.25, 0.3) is 5.57 Å². The third-order valence-electron chi connectivity index (χ3n) is 4.36. The summed E-state index contributed by atoms with van der Waals surface area (Å²) in [7, 11) is 1.52. The normalized spacial score (nSPS) is 14.4. The molecule has 0 unspecified atom stereocenters. The zero-order chi connectivity index (χ0) is 16.8. The van der Waals surface area contributed by atoms with Crippen molar-refractivity contribution in [1.82, 2.24) is 4.98 Å². The molecule has 0 saturated carbocycles. The van der Waals surface area contributed by atoms with Crippen LogP contribution in [0.2, 0.25) is 0 Å². The van der Waals surface area contributed by atoms with Crippen LogP contribution in [0.5, 0.6) is 11.5 Å². The summed E-state index contributed by atoms with van der Waals surface area (Å²) in [6.07, 6.45) is 8.31. The van der Waals surface area contributed by atoms with Crippen molar-refractivity contribution in [2.45, 2.75) is 25.7 Å². The Kier molecular flexibility index (Phi) is 5.26. The van der Waals surface area contributed by atoms with Gasteiger partial charge >= 0.3 is 0 Å². The third kappa shape index (κ3) is 3.48. The number of ether oxygens (including phenoxy) is 2. The lowest BCUT2D eigenvalue weighted by Gasteiger charge is -2.21. The summed E-state index contributed by atoms with van der Waals surface area (Å²) in [5.74, 6) is 0.901. The van der Waals surface area contributed by atoms with Crippen LogP contribution in [-0.4, -0.2) is 25.0 Å². The zero-order valence-electron chi connectivity index (χ0n) is 13.8. The molecule has 0 atom stereocenters. The number of benzene rings is 1. The lowest BCUT2D eigenvalue weighted by Crippen LogP contribution is -2.09. The summed E-state index contributed by atoms with van der Waals surface area (Å²) in [6.45, 7) is 0.472. The molecule has 124 valence electrons. The van der Waals surface area contributed by atoms with Gasteiger partial charge in [0.1, 0.15) is 12.2 Å². The molecule has 1 aliphatic rings. The Morgan fingerprint density at radius 2 is 1.83 bits per heavy atom. The fourth-order valence-electron chi connectivity index (χ4n) is 3.11. The van der Waals surface area contributed by atoms with Gasteiger partial charge in [-0.3, -0.25) is 9.78 Å². The highest BCUT2D eigenvalue weighted by molar-refractivity contribution is 5.83. The summed E-state index contributed by atoms with van der Waals surface area (Å²) in [5, 5.41) is 0. The summed E-state index contributed by atoms with van der Waals surface area (Å²) in [6, 6.07) is 10.4. The predicted molar refractivity (Wildman–Crippen MR) is 93.5 cm³/mol. The zero-order valence-corrected chi connectivity index (χ0v) is 13.8. The average Bonchev–Trinajstić information content (AvgIpc) is 2.66. The molecule has 0 fully saturated rings. The lowest BCUT2D eigenvalue weighted by atomic mass is 9.88. The van der Waals surface area contributed by atoms with Crippen molar-refractivity contribution in [2.75, 3.05) is 13.7 Å². The average molecular weight is 323 g/mol. The number of nitrogens with zero attached hydrogens (tertiary/aromatic N) is 1. The minimum Gasteiger partial charge on any atom is -0.494 e. The Morgan fingerprint density at radius 3 is 2.58 bits per heavy atom. The number of carbonyl (C=O) groups is 1. The van der Waals surface area contributed by atoms with Gasteiger partial charge in [0.05, 0.1) is 19.5 Å². The van der Waals surface area contributed by atoms with Crippen molar-refractivity contribution in [2.24, 2.45) is 0 Å². The summed E-state index contributed by atoms with van der Waals surface area (Å²) >= 11 is 0. The second kappa shape index (κ2) is 7.77. The number of aromatic nitrogens is 1. The molecule has 0 aliphatic heterocycles. The first-order valence-electron chi connectivity index (χ1n) is 8.19. The summed E-state index contributed by atoms with van der Waals surface area (Å²) in [5.41, 5.74) is 4.33. The molecule has 0 spiro atoms. The first-order chi connectivity index (χ1) is 11.8. The van der Waals surface area contributed by atoms with Gasteiger partial charge in [-0.1, -0.05) is 30.3 Å². The smallest absolute Gasteiger partial charge is 0.157 e. The molecule has 3 rings (SSSR count). The van der Waals surface area contributed by atoms with Gasteiger partial charge in [0, 0.05) is 0 Å². The van der Waals surface area contributed by atoms with Crippen molar-refractivity contribution in [3.63, 3.8) is 0 Å². The minimum atomic E-state index is 0.408. The van der Waals surface area contributed by atoms with E-state index in [0.717, 1.165) is 19.1 Å². The van der Waals surface area contributed by atoms with Gasteiger partial charge in [0.2, 0.25) is 0 Å². The monoisotopic (exact) mass is 323 g/mol. The van der Waals surface area contributed by atoms with Gasteiger partial charge in [-0.15, -0.1) is 0 Å². The van der Waals surface area contributed by atoms with E-state index in [1.807, 2.05) is 6.07 Å². The van der Waals surface area contributed by atoms with E-state index in [-0.39, 0.29) is 0 Å². The molecule has 1 heterocycles. The number of hydrogen-bond donors (Lipinski definition) is 0. The van der Waals surface area contributed by atoms with Crippen LogP contribution < -0.4 is 9.47 Å². The highest BCUT2D eigenvalue weighted by Gasteiger charge is 2.16. The van der Waals surface area contributed by atoms with E-state index in [1.54, 1.807) is 6.20 Å². The number of rotatable bonds is 6. The lowest BCUT2D eigenvalue weighted by molar-refractivity contribution is 0.111. The Labute approximate surface area is 142 Å². The van der Waals surface area contributed by atoms with E-state index in [1.165, 1.54) is 42.9 Å². The summed E-state index contributed by atoms with van der Waals surface area (Å²) < 4.78 is 11.1. The highest BCUT2D eigenvalue weighted by atomic mass is 16.5. The molecule has 1 aromatic heterocycles. The van der Waals surface area contributed by atoms with Crippen LogP contribution in [0, 0.1) is 0 Å². The maximum atomic E-state index is 11.3. The fourth-order valence-corrected chi connectivity index (χ4v) is 3.11. The predicted octanol–water partition coefficient (Wildman–Crippen LogP) is 4.31. The molecule has 2 aromatic rings. The SMILES string of the molecule is COc1cncc(OCC2=C(c3ccccc3)CCCC2)c1C=O. The second-order valence-corrected chi connectivity index (χ2v) is 5.82. The van der Waals surface area contributed by atoms with Gasteiger partial charge < -0.3 is 9.47 Å². The highest BCUT2D eigenvalue weighted by Crippen LogP contribution is 2.33. The number of aldehydes is 1. The first kappa shape index (κ1) is 16.2. The maximum Gasteiger partial charge on any atom is 0.157 e.